The lowest BCUT2D eigenvalue weighted by Gasteiger charge is -2.41. The van der Waals surface area contributed by atoms with Crippen molar-refractivity contribution in [2.45, 2.75) is 32.1 Å². The number of hydrogen-bond acceptors (Lipinski definition) is 2. The van der Waals surface area contributed by atoms with Crippen molar-refractivity contribution < 1.29 is 4.79 Å². The van der Waals surface area contributed by atoms with Gasteiger partial charge in [0.2, 0.25) is 0 Å². The van der Waals surface area contributed by atoms with Gasteiger partial charge in [0.25, 0.3) is 5.91 Å². The standard InChI is InChI=1S/C23H24N2O/c24-15-18-8-3-4-10-20(18)21-11-5-6-12-22(21)23(26)25-14-13-17-7-1-2-9-19(17)16-25/h3-6,8,10-12,17,19H,1-2,7,9,13-14,16H2/t17-,19+/m0/s1. The second-order valence-electron chi connectivity index (χ2n) is 7.55. The van der Waals surface area contributed by atoms with E-state index in [4.69, 9.17) is 0 Å². The Kier molecular flexibility index (Phi) is 4.75. The molecule has 3 heteroatoms. The van der Waals surface area contributed by atoms with Crippen LogP contribution in [0.2, 0.25) is 0 Å². The number of benzene rings is 2. The molecule has 2 fully saturated rings. The largest absolute Gasteiger partial charge is 0.338 e. The molecule has 26 heavy (non-hydrogen) atoms. The Morgan fingerprint density at radius 1 is 0.923 bits per heavy atom. The molecule has 132 valence electrons. The van der Waals surface area contributed by atoms with Crippen LogP contribution < -0.4 is 0 Å². The summed E-state index contributed by atoms with van der Waals surface area (Å²) >= 11 is 0. The minimum Gasteiger partial charge on any atom is -0.338 e. The molecule has 0 radical (unpaired) electrons. The van der Waals surface area contributed by atoms with E-state index in [0.717, 1.165) is 36.6 Å². The summed E-state index contributed by atoms with van der Waals surface area (Å²) in [6.45, 7) is 1.74. The lowest BCUT2D eigenvalue weighted by Crippen LogP contribution is -2.44. The first-order valence-corrected chi connectivity index (χ1v) is 9.65. The van der Waals surface area contributed by atoms with Gasteiger partial charge in [-0.05, 0) is 42.4 Å². The number of piperidine rings is 1. The number of amides is 1. The third-order valence-corrected chi connectivity index (χ3v) is 6.07. The smallest absolute Gasteiger partial charge is 0.254 e. The molecule has 1 heterocycles. The van der Waals surface area contributed by atoms with Gasteiger partial charge in [-0.1, -0.05) is 55.7 Å². The zero-order chi connectivity index (χ0) is 17.9. The van der Waals surface area contributed by atoms with Crippen LogP contribution in [-0.2, 0) is 0 Å². The van der Waals surface area contributed by atoms with Crippen molar-refractivity contribution in [3.63, 3.8) is 0 Å². The van der Waals surface area contributed by atoms with E-state index < -0.39 is 0 Å². The number of hydrogen-bond donors (Lipinski definition) is 0. The Hall–Kier alpha value is -2.60. The van der Waals surface area contributed by atoms with Crippen LogP contribution in [-0.4, -0.2) is 23.9 Å². The summed E-state index contributed by atoms with van der Waals surface area (Å²) in [4.78, 5) is 15.4. The van der Waals surface area contributed by atoms with Gasteiger partial charge >= 0.3 is 0 Å². The third-order valence-electron chi connectivity index (χ3n) is 6.07. The first kappa shape index (κ1) is 16.8. The second kappa shape index (κ2) is 7.33. The fourth-order valence-electron chi connectivity index (χ4n) is 4.68. The molecule has 1 amide bonds. The predicted molar refractivity (Wildman–Crippen MR) is 103 cm³/mol. The number of nitriles is 1. The van der Waals surface area contributed by atoms with Gasteiger partial charge in [0.15, 0.2) is 0 Å². The van der Waals surface area contributed by atoms with Gasteiger partial charge < -0.3 is 4.90 Å². The molecular formula is C23H24N2O. The topological polar surface area (TPSA) is 44.1 Å². The van der Waals surface area contributed by atoms with Gasteiger partial charge in [0.05, 0.1) is 11.6 Å². The third kappa shape index (κ3) is 3.12. The number of rotatable bonds is 2. The molecule has 1 saturated heterocycles. The molecule has 4 rings (SSSR count). The van der Waals surface area contributed by atoms with E-state index >= 15 is 0 Å². The van der Waals surface area contributed by atoms with Crippen molar-refractivity contribution in [2.24, 2.45) is 11.8 Å². The maximum atomic E-state index is 13.3. The van der Waals surface area contributed by atoms with E-state index in [1.165, 1.54) is 25.7 Å². The first-order valence-electron chi connectivity index (χ1n) is 9.65. The molecule has 1 saturated carbocycles. The van der Waals surface area contributed by atoms with Gasteiger partial charge in [0.1, 0.15) is 0 Å². The molecule has 1 aliphatic heterocycles. The molecule has 0 unspecified atom stereocenters. The van der Waals surface area contributed by atoms with Crippen molar-refractivity contribution in [3.8, 4) is 17.2 Å². The van der Waals surface area contributed by atoms with E-state index in [-0.39, 0.29) is 5.91 Å². The highest BCUT2D eigenvalue weighted by atomic mass is 16.2. The van der Waals surface area contributed by atoms with Gasteiger partial charge in [-0.25, -0.2) is 0 Å². The normalized spacial score (nSPS) is 22.3. The molecule has 2 aromatic carbocycles. The second-order valence-corrected chi connectivity index (χ2v) is 7.55. The van der Waals surface area contributed by atoms with Gasteiger partial charge in [-0.15, -0.1) is 0 Å². The average molecular weight is 344 g/mol. The first-order chi connectivity index (χ1) is 12.8. The fourth-order valence-corrected chi connectivity index (χ4v) is 4.68. The molecular weight excluding hydrogens is 320 g/mol. The van der Waals surface area contributed by atoms with Gasteiger partial charge in [-0.3, -0.25) is 4.79 Å². The Labute approximate surface area is 155 Å². The lowest BCUT2D eigenvalue weighted by atomic mass is 9.75. The summed E-state index contributed by atoms with van der Waals surface area (Å²) in [7, 11) is 0. The van der Waals surface area contributed by atoms with Crippen LogP contribution in [0.5, 0.6) is 0 Å². The molecule has 0 aromatic heterocycles. The molecule has 2 atom stereocenters. The highest BCUT2D eigenvalue weighted by molar-refractivity contribution is 6.01. The quantitative estimate of drug-likeness (QED) is 0.779. The number of nitrogens with zero attached hydrogens (tertiary/aromatic N) is 2. The Morgan fingerprint density at radius 2 is 1.62 bits per heavy atom. The summed E-state index contributed by atoms with van der Waals surface area (Å²) in [6.07, 6.45) is 6.37. The Balaban J connectivity index is 1.64. The molecule has 2 aliphatic rings. The summed E-state index contributed by atoms with van der Waals surface area (Å²) in [6, 6.07) is 17.5. The highest BCUT2D eigenvalue weighted by Crippen LogP contribution is 2.37. The maximum Gasteiger partial charge on any atom is 0.254 e. The minimum atomic E-state index is 0.109. The fraction of sp³-hybridized carbons (Fsp3) is 0.391. The average Bonchev–Trinajstić information content (AvgIpc) is 2.73. The molecule has 0 spiro atoms. The van der Waals surface area contributed by atoms with Crippen molar-refractivity contribution in [1.82, 2.24) is 4.90 Å². The van der Waals surface area contributed by atoms with E-state index in [0.29, 0.717) is 17.0 Å². The van der Waals surface area contributed by atoms with Crippen molar-refractivity contribution >= 4 is 5.91 Å². The van der Waals surface area contributed by atoms with Crippen LogP contribution in [0.25, 0.3) is 11.1 Å². The monoisotopic (exact) mass is 344 g/mol. The van der Waals surface area contributed by atoms with E-state index in [1.54, 1.807) is 0 Å². The summed E-state index contributed by atoms with van der Waals surface area (Å²) in [5, 5.41) is 9.44. The summed E-state index contributed by atoms with van der Waals surface area (Å²) < 4.78 is 0. The zero-order valence-corrected chi connectivity index (χ0v) is 15.0. The van der Waals surface area contributed by atoms with Crippen LogP contribution in [0.3, 0.4) is 0 Å². The van der Waals surface area contributed by atoms with E-state index in [1.807, 2.05) is 53.4 Å². The van der Waals surface area contributed by atoms with E-state index in [9.17, 15) is 10.1 Å². The highest BCUT2D eigenvalue weighted by Gasteiger charge is 2.33. The maximum absolute atomic E-state index is 13.3. The van der Waals surface area contributed by atoms with Gasteiger partial charge in [-0.2, -0.15) is 5.26 Å². The van der Waals surface area contributed by atoms with Crippen LogP contribution in [0.4, 0.5) is 0 Å². The molecule has 2 aromatic rings. The Morgan fingerprint density at radius 3 is 2.42 bits per heavy atom. The van der Waals surface area contributed by atoms with Crippen LogP contribution in [0.1, 0.15) is 48.0 Å². The van der Waals surface area contributed by atoms with Crippen molar-refractivity contribution in [3.05, 3.63) is 59.7 Å². The number of carbonyl (C=O) groups is 1. The van der Waals surface area contributed by atoms with Crippen molar-refractivity contribution in [1.29, 1.82) is 5.26 Å². The van der Waals surface area contributed by atoms with Gasteiger partial charge in [0, 0.05) is 24.2 Å². The molecule has 0 N–H and O–H groups in total. The summed E-state index contributed by atoms with van der Waals surface area (Å²) in [5.74, 6) is 1.58. The van der Waals surface area contributed by atoms with Crippen LogP contribution in [0.15, 0.2) is 48.5 Å². The Bertz CT molecular complexity index is 851. The predicted octanol–water partition coefficient (Wildman–Crippen LogP) is 4.88. The minimum absolute atomic E-state index is 0.109. The number of carbonyl (C=O) groups excluding carboxylic acids is 1. The van der Waals surface area contributed by atoms with Crippen LogP contribution in [0, 0.1) is 23.2 Å². The lowest BCUT2D eigenvalue weighted by molar-refractivity contribution is 0.0521. The molecule has 1 aliphatic carbocycles. The SMILES string of the molecule is N#Cc1ccccc1-c1ccccc1C(=O)N1CC[C@@H]2CCCC[C@@H]2C1. The molecule has 3 nitrogen and oxygen atoms in total. The number of fused-ring (bicyclic) bond motifs is 1. The molecule has 0 bridgehead atoms. The summed E-state index contributed by atoms with van der Waals surface area (Å²) in [5.41, 5.74) is 3.02. The van der Waals surface area contributed by atoms with Crippen LogP contribution >= 0.6 is 0 Å². The van der Waals surface area contributed by atoms with Crippen molar-refractivity contribution in [2.75, 3.05) is 13.1 Å². The zero-order valence-electron chi connectivity index (χ0n) is 15.0. The number of likely N-dealkylation sites (tertiary alicyclic amines) is 1. The van der Waals surface area contributed by atoms with E-state index in [2.05, 4.69) is 6.07 Å².